The molecular formula is C14H18BrNOS. The van der Waals surface area contributed by atoms with Crippen molar-refractivity contribution in [2.75, 3.05) is 11.1 Å². The summed E-state index contributed by atoms with van der Waals surface area (Å²) in [6.45, 7) is 4.11. The molecule has 1 amide bonds. The van der Waals surface area contributed by atoms with Crippen molar-refractivity contribution in [3.8, 4) is 0 Å². The predicted molar refractivity (Wildman–Crippen MR) is 82.5 cm³/mol. The van der Waals surface area contributed by atoms with E-state index >= 15 is 0 Å². The predicted octanol–water partition coefficient (Wildman–Crippen LogP) is 4.37. The third-order valence-electron chi connectivity index (χ3n) is 3.34. The Balaban J connectivity index is 2.16. The standard InChI is InChI=1S/C14H18BrNOS/c1-10(15)11-6-3-4-7-12(11)16-13(17)14(2)8-5-9-18-14/h3-4,6-7,10H,5,8-9H2,1-2H3,(H,16,17). The van der Waals surface area contributed by atoms with Gasteiger partial charge in [0.2, 0.25) is 5.91 Å². The van der Waals surface area contributed by atoms with Gasteiger partial charge in [0.1, 0.15) is 0 Å². The van der Waals surface area contributed by atoms with Gasteiger partial charge in [0, 0.05) is 10.5 Å². The molecule has 0 saturated carbocycles. The van der Waals surface area contributed by atoms with Gasteiger partial charge in [0.25, 0.3) is 0 Å². The van der Waals surface area contributed by atoms with Crippen LogP contribution >= 0.6 is 27.7 Å². The van der Waals surface area contributed by atoms with Gasteiger partial charge >= 0.3 is 0 Å². The largest absolute Gasteiger partial charge is 0.325 e. The molecule has 2 rings (SSSR count). The van der Waals surface area contributed by atoms with Crippen LogP contribution in [-0.2, 0) is 4.79 Å². The SMILES string of the molecule is CC(Br)c1ccccc1NC(=O)C1(C)CCCS1. The minimum atomic E-state index is -0.261. The van der Waals surface area contributed by atoms with Crippen molar-refractivity contribution >= 4 is 39.3 Å². The Hall–Kier alpha value is -0.480. The van der Waals surface area contributed by atoms with Gasteiger partial charge in [-0.3, -0.25) is 4.79 Å². The van der Waals surface area contributed by atoms with Crippen LogP contribution in [0.15, 0.2) is 24.3 Å². The molecule has 1 aliphatic rings. The monoisotopic (exact) mass is 327 g/mol. The molecule has 1 aliphatic heterocycles. The lowest BCUT2D eigenvalue weighted by molar-refractivity contribution is -0.118. The molecule has 1 fully saturated rings. The second kappa shape index (κ2) is 5.66. The Morgan fingerprint density at radius 3 is 2.83 bits per heavy atom. The number of carbonyl (C=O) groups excluding carboxylic acids is 1. The first-order valence-electron chi connectivity index (χ1n) is 6.21. The van der Waals surface area contributed by atoms with Crippen LogP contribution in [0.3, 0.4) is 0 Å². The summed E-state index contributed by atoms with van der Waals surface area (Å²) in [4.78, 5) is 12.6. The smallest absolute Gasteiger partial charge is 0.240 e. The average Bonchev–Trinajstić information content (AvgIpc) is 2.78. The molecule has 0 aromatic heterocycles. The summed E-state index contributed by atoms with van der Waals surface area (Å²) in [5.74, 6) is 1.21. The van der Waals surface area contributed by atoms with Crippen molar-refractivity contribution in [2.45, 2.75) is 36.3 Å². The molecule has 1 N–H and O–H groups in total. The molecule has 1 heterocycles. The minimum Gasteiger partial charge on any atom is -0.325 e. The maximum absolute atomic E-state index is 12.4. The fraction of sp³-hybridized carbons (Fsp3) is 0.500. The van der Waals surface area contributed by atoms with Crippen LogP contribution in [0.4, 0.5) is 5.69 Å². The number of amides is 1. The number of hydrogen-bond acceptors (Lipinski definition) is 2. The Morgan fingerprint density at radius 2 is 2.22 bits per heavy atom. The second-order valence-electron chi connectivity index (χ2n) is 4.84. The van der Waals surface area contributed by atoms with E-state index in [-0.39, 0.29) is 15.5 Å². The van der Waals surface area contributed by atoms with Crippen molar-refractivity contribution in [3.05, 3.63) is 29.8 Å². The molecule has 1 saturated heterocycles. The molecule has 1 aromatic rings. The van der Waals surface area contributed by atoms with Crippen LogP contribution in [0, 0.1) is 0 Å². The number of carbonyl (C=O) groups is 1. The number of rotatable bonds is 3. The summed E-state index contributed by atoms with van der Waals surface area (Å²) >= 11 is 5.33. The van der Waals surface area contributed by atoms with Gasteiger partial charge in [-0.1, -0.05) is 34.1 Å². The van der Waals surface area contributed by atoms with Gasteiger partial charge in [-0.2, -0.15) is 0 Å². The summed E-state index contributed by atoms with van der Waals surface area (Å²) in [7, 11) is 0. The van der Waals surface area contributed by atoms with Gasteiger partial charge < -0.3 is 5.32 Å². The Morgan fingerprint density at radius 1 is 1.50 bits per heavy atom. The third kappa shape index (κ3) is 2.91. The molecule has 0 radical (unpaired) electrons. The zero-order valence-electron chi connectivity index (χ0n) is 10.7. The zero-order chi connectivity index (χ0) is 13.2. The first-order chi connectivity index (χ1) is 8.53. The van der Waals surface area contributed by atoms with Gasteiger partial charge in [-0.05, 0) is 44.1 Å². The highest BCUT2D eigenvalue weighted by molar-refractivity contribution is 9.09. The van der Waals surface area contributed by atoms with Crippen molar-refractivity contribution in [1.82, 2.24) is 0 Å². The topological polar surface area (TPSA) is 29.1 Å². The van der Waals surface area contributed by atoms with Crippen molar-refractivity contribution < 1.29 is 4.79 Å². The number of thioether (sulfide) groups is 1. The molecule has 98 valence electrons. The summed E-state index contributed by atoms with van der Waals surface area (Å²) in [5, 5.41) is 3.08. The van der Waals surface area contributed by atoms with Gasteiger partial charge in [-0.25, -0.2) is 0 Å². The molecule has 4 heteroatoms. The first kappa shape index (κ1) is 13.9. The van der Waals surface area contributed by atoms with Crippen molar-refractivity contribution in [3.63, 3.8) is 0 Å². The van der Waals surface area contributed by atoms with Crippen LogP contribution in [0.5, 0.6) is 0 Å². The fourth-order valence-electron chi connectivity index (χ4n) is 2.17. The average molecular weight is 328 g/mol. The van der Waals surface area contributed by atoms with Gasteiger partial charge in [0.15, 0.2) is 0 Å². The molecule has 2 nitrogen and oxygen atoms in total. The Bertz CT molecular complexity index is 441. The van der Waals surface area contributed by atoms with E-state index in [0.29, 0.717) is 0 Å². The van der Waals surface area contributed by atoms with Crippen LogP contribution in [0.1, 0.15) is 37.1 Å². The number of anilines is 1. The zero-order valence-corrected chi connectivity index (χ0v) is 13.1. The van der Waals surface area contributed by atoms with E-state index in [1.54, 1.807) is 11.8 Å². The maximum Gasteiger partial charge on any atom is 0.240 e. The highest BCUT2D eigenvalue weighted by Crippen LogP contribution is 2.39. The van der Waals surface area contributed by atoms with Gasteiger partial charge in [-0.15, -0.1) is 11.8 Å². The molecule has 2 unspecified atom stereocenters. The van der Waals surface area contributed by atoms with E-state index in [1.165, 1.54) is 0 Å². The molecule has 18 heavy (non-hydrogen) atoms. The lowest BCUT2D eigenvalue weighted by Gasteiger charge is -2.23. The summed E-state index contributed by atoms with van der Waals surface area (Å²) in [6.07, 6.45) is 2.10. The summed E-state index contributed by atoms with van der Waals surface area (Å²) in [5.41, 5.74) is 2.04. The number of alkyl halides is 1. The highest BCUT2D eigenvalue weighted by atomic mass is 79.9. The van der Waals surface area contributed by atoms with Crippen molar-refractivity contribution in [2.24, 2.45) is 0 Å². The summed E-state index contributed by atoms with van der Waals surface area (Å²) < 4.78 is -0.261. The Kier molecular flexibility index (Phi) is 4.38. The van der Waals surface area contributed by atoms with Gasteiger partial charge in [0.05, 0.1) is 4.75 Å². The van der Waals surface area contributed by atoms with Crippen LogP contribution in [0.2, 0.25) is 0 Å². The molecular weight excluding hydrogens is 310 g/mol. The number of nitrogens with one attached hydrogen (secondary N) is 1. The molecule has 2 atom stereocenters. The van der Waals surface area contributed by atoms with E-state index in [0.717, 1.165) is 29.8 Å². The lowest BCUT2D eigenvalue weighted by atomic mass is 10.0. The number of hydrogen-bond donors (Lipinski definition) is 1. The number of benzene rings is 1. The molecule has 0 spiro atoms. The minimum absolute atomic E-state index is 0.130. The van der Waals surface area contributed by atoms with E-state index < -0.39 is 0 Å². The normalized spacial score (nSPS) is 24.8. The van der Waals surface area contributed by atoms with E-state index in [1.807, 2.05) is 31.2 Å². The van der Waals surface area contributed by atoms with E-state index in [2.05, 4.69) is 28.2 Å². The second-order valence-corrected chi connectivity index (χ2v) is 7.81. The Labute approximate surface area is 121 Å². The third-order valence-corrected chi connectivity index (χ3v) is 5.35. The molecule has 0 bridgehead atoms. The molecule has 0 aliphatic carbocycles. The van der Waals surface area contributed by atoms with Crippen molar-refractivity contribution in [1.29, 1.82) is 0 Å². The fourth-order valence-corrected chi connectivity index (χ4v) is 3.78. The quantitative estimate of drug-likeness (QED) is 0.835. The van der Waals surface area contributed by atoms with Crippen LogP contribution in [-0.4, -0.2) is 16.4 Å². The van der Waals surface area contributed by atoms with E-state index in [4.69, 9.17) is 0 Å². The lowest BCUT2D eigenvalue weighted by Crippen LogP contribution is -2.34. The number of para-hydroxylation sites is 1. The molecule has 1 aromatic carbocycles. The van der Waals surface area contributed by atoms with Crippen LogP contribution < -0.4 is 5.32 Å². The van der Waals surface area contributed by atoms with Crippen LogP contribution in [0.25, 0.3) is 0 Å². The van der Waals surface area contributed by atoms with E-state index in [9.17, 15) is 4.79 Å². The summed E-state index contributed by atoms with van der Waals surface area (Å²) in [6, 6.07) is 7.96. The maximum atomic E-state index is 12.4. The first-order valence-corrected chi connectivity index (χ1v) is 8.11. The number of halogens is 1. The highest BCUT2D eigenvalue weighted by Gasteiger charge is 2.37.